The molecule has 0 atom stereocenters. The van der Waals surface area contributed by atoms with Crippen molar-refractivity contribution in [3.63, 3.8) is 0 Å². The predicted molar refractivity (Wildman–Crippen MR) is 73.2 cm³/mol. The molecule has 0 fully saturated rings. The molecule has 0 unspecified atom stereocenters. The molecule has 2 rings (SSSR count). The van der Waals surface area contributed by atoms with Crippen molar-refractivity contribution in [2.24, 2.45) is 12.8 Å². The van der Waals surface area contributed by atoms with Crippen LogP contribution in [0.3, 0.4) is 0 Å². The lowest BCUT2D eigenvalue weighted by atomic mass is 10.1. The van der Waals surface area contributed by atoms with Gasteiger partial charge in [-0.3, -0.25) is 13.9 Å². The van der Waals surface area contributed by atoms with Crippen LogP contribution in [0.4, 0.5) is 0 Å². The Bertz CT molecular complexity index is 729. The van der Waals surface area contributed by atoms with Crippen molar-refractivity contribution in [2.45, 2.75) is 39.4 Å². The monoisotopic (exact) mass is 265 g/mol. The van der Waals surface area contributed by atoms with E-state index in [4.69, 9.17) is 5.73 Å². The van der Waals surface area contributed by atoms with Crippen molar-refractivity contribution in [3.8, 4) is 0 Å². The maximum Gasteiger partial charge on any atom is 0.332 e. The van der Waals surface area contributed by atoms with Gasteiger partial charge in [0.05, 0.1) is 6.33 Å². The zero-order valence-corrected chi connectivity index (χ0v) is 11.7. The minimum atomic E-state index is -0.466. The molecule has 0 saturated carbocycles. The first-order valence-corrected chi connectivity index (χ1v) is 6.20. The Morgan fingerprint density at radius 2 is 2.00 bits per heavy atom. The van der Waals surface area contributed by atoms with Crippen LogP contribution < -0.4 is 17.0 Å². The van der Waals surface area contributed by atoms with Gasteiger partial charge in [-0.25, -0.2) is 9.78 Å². The lowest BCUT2D eigenvalue weighted by Crippen LogP contribution is -2.41. The lowest BCUT2D eigenvalue weighted by Gasteiger charge is -2.19. The number of aromatic nitrogens is 4. The maximum absolute atomic E-state index is 12.3. The van der Waals surface area contributed by atoms with Gasteiger partial charge < -0.3 is 10.3 Å². The van der Waals surface area contributed by atoms with Crippen molar-refractivity contribution >= 4 is 11.2 Å². The van der Waals surface area contributed by atoms with E-state index in [-0.39, 0.29) is 11.2 Å². The molecule has 0 saturated heterocycles. The van der Waals surface area contributed by atoms with Gasteiger partial charge in [0.15, 0.2) is 11.2 Å². The zero-order valence-electron chi connectivity index (χ0n) is 11.7. The molecule has 7 heteroatoms. The van der Waals surface area contributed by atoms with Gasteiger partial charge in [-0.1, -0.05) is 0 Å². The van der Waals surface area contributed by atoms with Crippen molar-refractivity contribution < 1.29 is 0 Å². The summed E-state index contributed by atoms with van der Waals surface area (Å²) < 4.78 is 4.30. The summed E-state index contributed by atoms with van der Waals surface area (Å²) in [6, 6.07) is 0. The zero-order chi connectivity index (χ0) is 14.4. The standard InChI is InChI=1S/C12H19N5O2/c1-5-17-10(18)8-9(15(4)11(17)19)14-7-16(8)6-12(2,3)13/h7H,5-6,13H2,1-4H3. The van der Waals surface area contributed by atoms with E-state index in [1.165, 1.54) is 9.13 Å². The van der Waals surface area contributed by atoms with Crippen LogP contribution in [0.25, 0.3) is 11.2 Å². The maximum atomic E-state index is 12.3. The van der Waals surface area contributed by atoms with E-state index in [9.17, 15) is 9.59 Å². The first-order chi connectivity index (χ1) is 8.76. The summed E-state index contributed by atoms with van der Waals surface area (Å²) in [6.07, 6.45) is 1.56. The van der Waals surface area contributed by atoms with E-state index < -0.39 is 5.54 Å². The predicted octanol–water partition coefficient (Wildman–Crippen LogP) is -0.346. The van der Waals surface area contributed by atoms with Gasteiger partial charge >= 0.3 is 5.69 Å². The van der Waals surface area contributed by atoms with E-state index in [2.05, 4.69) is 4.98 Å². The molecule has 2 N–H and O–H groups in total. The largest absolute Gasteiger partial charge is 0.332 e. The van der Waals surface area contributed by atoms with E-state index in [1.807, 2.05) is 13.8 Å². The third-order valence-corrected chi connectivity index (χ3v) is 3.00. The van der Waals surface area contributed by atoms with Crippen LogP contribution in [0.5, 0.6) is 0 Å². The van der Waals surface area contributed by atoms with Gasteiger partial charge in [0.1, 0.15) is 0 Å². The lowest BCUT2D eigenvalue weighted by molar-refractivity contribution is 0.439. The molecule has 0 aliphatic carbocycles. The molecule has 2 aromatic heterocycles. The highest BCUT2D eigenvalue weighted by atomic mass is 16.2. The van der Waals surface area contributed by atoms with Gasteiger partial charge in [-0.2, -0.15) is 0 Å². The Morgan fingerprint density at radius 3 is 2.53 bits per heavy atom. The highest BCUT2D eigenvalue weighted by Gasteiger charge is 2.19. The summed E-state index contributed by atoms with van der Waals surface area (Å²) in [5.74, 6) is 0. The quantitative estimate of drug-likeness (QED) is 0.822. The molecule has 0 spiro atoms. The van der Waals surface area contributed by atoms with Crippen molar-refractivity contribution in [3.05, 3.63) is 27.2 Å². The molecule has 0 aliphatic heterocycles. The summed E-state index contributed by atoms with van der Waals surface area (Å²) in [7, 11) is 1.61. The molecule has 0 aliphatic rings. The Labute approximate surface area is 110 Å². The van der Waals surface area contributed by atoms with E-state index in [0.717, 1.165) is 0 Å². The summed E-state index contributed by atoms with van der Waals surface area (Å²) in [4.78, 5) is 28.5. The first-order valence-electron chi connectivity index (χ1n) is 6.20. The van der Waals surface area contributed by atoms with Gasteiger partial charge in [-0.05, 0) is 20.8 Å². The van der Waals surface area contributed by atoms with Crippen LogP contribution in [-0.2, 0) is 20.1 Å². The summed E-state index contributed by atoms with van der Waals surface area (Å²) in [5.41, 5.74) is 5.66. The number of hydrogen-bond acceptors (Lipinski definition) is 4. The van der Waals surface area contributed by atoms with Gasteiger partial charge in [0.25, 0.3) is 5.56 Å². The van der Waals surface area contributed by atoms with Crippen molar-refractivity contribution in [2.75, 3.05) is 0 Å². The second-order valence-electron chi connectivity index (χ2n) is 5.42. The fourth-order valence-electron chi connectivity index (χ4n) is 2.16. The molecule has 2 heterocycles. The molecule has 0 radical (unpaired) electrons. The topological polar surface area (TPSA) is 87.8 Å². The highest BCUT2D eigenvalue weighted by molar-refractivity contribution is 5.70. The molecule has 0 amide bonds. The Balaban J connectivity index is 2.82. The Hall–Kier alpha value is -1.89. The third kappa shape index (κ3) is 2.21. The Kier molecular flexibility index (Phi) is 3.09. The molecule has 19 heavy (non-hydrogen) atoms. The minimum Gasteiger partial charge on any atom is -0.324 e. The fourth-order valence-corrected chi connectivity index (χ4v) is 2.16. The van der Waals surface area contributed by atoms with Crippen LogP contribution in [0.15, 0.2) is 15.9 Å². The number of rotatable bonds is 3. The summed E-state index contributed by atoms with van der Waals surface area (Å²) >= 11 is 0. The molecular formula is C12H19N5O2. The molecule has 2 aromatic rings. The number of nitrogens with two attached hydrogens (primary N) is 1. The second kappa shape index (κ2) is 4.34. The number of nitrogens with zero attached hydrogens (tertiary/aromatic N) is 4. The smallest absolute Gasteiger partial charge is 0.324 e. The van der Waals surface area contributed by atoms with Crippen LogP contribution >= 0.6 is 0 Å². The highest BCUT2D eigenvalue weighted by Crippen LogP contribution is 2.09. The number of fused-ring (bicyclic) bond motifs is 1. The third-order valence-electron chi connectivity index (χ3n) is 3.00. The summed E-state index contributed by atoms with van der Waals surface area (Å²) in [6.45, 7) is 6.31. The van der Waals surface area contributed by atoms with E-state index in [0.29, 0.717) is 24.3 Å². The average molecular weight is 265 g/mol. The molecule has 7 nitrogen and oxygen atoms in total. The van der Waals surface area contributed by atoms with Crippen molar-refractivity contribution in [1.29, 1.82) is 0 Å². The van der Waals surface area contributed by atoms with Gasteiger partial charge in [0.2, 0.25) is 0 Å². The van der Waals surface area contributed by atoms with Crippen molar-refractivity contribution in [1.82, 2.24) is 18.7 Å². The average Bonchev–Trinajstić information content (AvgIpc) is 2.68. The van der Waals surface area contributed by atoms with E-state index in [1.54, 1.807) is 24.9 Å². The van der Waals surface area contributed by atoms with E-state index >= 15 is 0 Å². The SMILES string of the molecule is CCn1c(=O)c2c(ncn2CC(C)(C)N)n(C)c1=O. The van der Waals surface area contributed by atoms with Crippen LogP contribution in [0, 0.1) is 0 Å². The molecule has 104 valence electrons. The summed E-state index contributed by atoms with van der Waals surface area (Å²) in [5, 5.41) is 0. The van der Waals surface area contributed by atoms with Gasteiger partial charge in [-0.15, -0.1) is 0 Å². The van der Waals surface area contributed by atoms with Crippen LogP contribution in [0.1, 0.15) is 20.8 Å². The van der Waals surface area contributed by atoms with Crippen LogP contribution in [-0.4, -0.2) is 24.2 Å². The molecule has 0 aromatic carbocycles. The number of hydrogen-bond donors (Lipinski definition) is 1. The number of aryl methyl sites for hydroxylation is 1. The number of imidazole rings is 1. The normalized spacial score (nSPS) is 12.3. The minimum absolute atomic E-state index is 0.317. The Morgan fingerprint density at radius 1 is 1.37 bits per heavy atom. The first kappa shape index (κ1) is 13.5. The fraction of sp³-hybridized carbons (Fsp3) is 0.583. The van der Waals surface area contributed by atoms with Gasteiger partial charge in [0, 0.05) is 25.7 Å². The second-order valence-corrected chi connectivity index (χ2v) is 5.42. The van der Waals surface area contributed by atoms with Crippen LogP contribution in [0.2, 0.25) is 0 Å². The molecular weight excluding hydrogens is 246 g/mol. The molecule has 0 bridgehead atoms.